The van der Waals surface area contributed by atoms with Crippen LogP contribution in [0.15, 0.2) is 29.2 Å². The maximum atomic E-state index is 13.7. The molecule has 8 heteroatoms. The highest BCUT2D eigenvalue weighted by Crippen LogP contribution is 2.36. The second-order valence-corrected chi connectivity index (χ2v) is 6.92. The predicted molar refractivity (Wildman–Crippen MR) is 70.2 cm³/mol. The number of benzene rings is 1. The summed E-state index contributed by atoms with van der Waals surface area (Å²) in [4.78, 5) is 11.7. The molecule has 0 aliphatic carbocycles. The first-order valence-electron chi connectivity index (χ1n) is 6.22. The molecule has 1 aliphatic rings. The quantitative estimate of drug-likeness (QED) is 0.792. The highest BCUT2D eigenvalue weighted by Gasteiger charge is 2.54. The molecule has 1 heterocycles. The smallest absolute Gasteiger partial charge is 0.327 e. The molecule has 1 fully saturated rings. The highest BCUT2D eigenvalue weighted by molar-refractivity contribution is 7.89. The number of rotatable bonds is 3. The van der Waals surface area contributed by atoms with E-state index in [2.05, 4.69) is 4.74 Å². The van der Waals surface area contributed by atoms with Crippen molar-refractivity contribution in [3.05, 3.63) is 30.1 Å². The Labute approximate surface area is 121 Å². The molecule has 1 saturated heterocycles. The van der Waals surface area contributed by atoms with Crippen molar-refractivity contribution in [2.45, 2.75) is 30.0 Å². The van der Waals surface area contributed by atoms with Crippen LogP contribution in [0.2, 0.25) is 0 Å². The monoisotopic (exact) mass is 319 g/mol. The first-order valence-corrected chi connectivity index (χ1v) is 7.67. The number of esters is 1. The van der Waals surface area contributed by atoms with Gasteiger partial charge in [-0.25, -0.2) is 17.2 Å². The maximum absolute atomic E-state index is 13.7. The van der Waals surface area contributed by atoms with E-state index in [1.807, 2.05) is 0 Å². The van der Waals surface area contributed by atoms with E-state index in [-0.39, 0.29) is 11.3 Å². The van der Waals surface area contributed by atoms with E-state index < -0.39 is 40.1 Å². The van der Waals surface area contributed by atoms with Gasteiger partial charge in [-0.05, 0) is 31.2 Å². The van der Waals surface area contributed by atoms with E-state index in [0.29, 0.717) is 0 Å². The summed E-state index contributed by atoms with van der Waals surface area (Å²) in [5, 5.41) is 0. The van der Waals surface area contributed by atoms with E-state index >= 15 is 0 Å². The van der Waals surface area contributed by atoms with Crippen LogP contribution in [0.5, 0.6) is 0 Å². The van der Waals surface area contributed by atoms with Gasteiger partial charge in [0.2, 0.25) is 10.0 Å². The molecular formula is C13H15F2NO4S. The summed E-state index contributed by atoms with van der Waals surface area (Å²) in [7, 11) is -3.01. The Hall–Kier alpha value is -1.54. The molecule has 0 saturated carbocycles. The third-order valence-electron chi connectivity index (χ3n) is 3.56. The molecule has 21 heavy (non-hydrogen) atoms. The molecule has 0 N–H and O–H groups in total. The molecule has 1 aromatic rings. The number of carbonyl (C=O) groups excluding carboxylic acids is 1. The van der Waals surface area contributed by atoms with E-state index in [1.54, 1.807) is 0 Å². The van der Waals surface area contributed by atoms with Crippen molar-refractivity contribution in [3.8, 4) is 0 Å². The summed E-state index contributed by atoms with van der Waals surface area (Å²) >= 11 is 0. The lowest BCUT2D eigenvalue weighted by Gasteiger charge is -2.31. The number of alkyl halides is 1. The minimum Gasteiger partial charge on any atom is -0.468 e. The molecule has 2 rings (SSSR count). The molecule has 0 aromatic heterocycles. The minimum absolute atomic E-state index is 0.201. The van der Waals surface area contributed by atoms with Crippen LogP contribution in [0.4, 0.5) is 8.78 Å². The standard InChI is InChI=1S/C13H15F2NO4S/c1-13(12(17)20-2)7-10(15)8-16(13)21(18,19)11-5-3-9(14)4-6-11/h3-6,10H,7-8H2,1-2H3/t10-,13+/m1/s1. The van der Waals surface area contributed by atoms with Gasteiger partial charge in [0.15, 0.2) is 0 Å². The van der Waals surface area contributed by atoms with Crippen molar-refractivity contribution >= 4 is 16.0 Å². The van der Waals surface area contributed by atoms with Gasteiger partial charge in [0.25, 0.3) is 0 Å². The van der Waals surface area contributed by atoms with Crippen molar-refractivity contribution < 1.29 is 26.7 Å². The molecular weight excluding hydrogens is 304 g/mol. The van der Waals surface area contributed by atoms with Gasteiger partial charge in [0.1, 0.15) is 17.5 Å². The average molecular weight is 319 g/mol. The van der Waals surface area contributed by atoms with Crippen molar-refractivity contribution in [3.63, 3.8) is 0 Å². The zero-order chi connectivity index (χ0) is 15.8. The Morgan fingerprint density at radius 1 is 1.38 bits per heavy atom. The molecule has 0 bridgehead atoms. The van der Waals surface area contributed by atoms with Crippen molar-refractivity contribution in [1.29, 1.82) is 0 Å². The van der Waals surface area contributed by atoms with Crippen LogP contribution in [0.3, 0.4) is 0 Å². The van der Waals surface area contributed by atoms with Gasteiger partial charge < -0.3 is 4.74 Å². The van der Waals surface area contributed by atoms with E-state index in [9.17, 15) is 22.0 Å². The topological polar surface area (TPSA) is 63.7 Å². The van der Waals surface area contributed by atoms with Gasteiger partial charge in [0, 0.05) is 13.0 Å². The Morgan fingerprint density at radius 3 is 2.48 bits per heavy atom. The summed E-state index contributed by atoms with van der Waals surface area (Å²) in [6, 6.07) is 4.14. The summed E-state index contributed by atoms with van der Waals surface area (Å²) in [5.74, 6) is -1.41. The van der Waals surface area contributed by atoms with E-state index in [0.717, 1.165) is 35.7 Å². The van der Waals surface area contributed by atoms with E-state index in [1.165, 1.54) is 6.92 Å². The van der Waals surface area contributed by atoms with Crippen LogP contribution in [0.1, 0.15) is 13.3 Å². The van der Waals surface area contributed by atoms with Crippen LogP contribution in [0, 0.1) is 5.82 Å². The lowest BCUT2D eigenvalue weighted by Crippen LogP contribution is -2.51. The first-order chi connectivity index (χ1) is 9.71. The second-order valence-electron chi connectivity index (χ2n) is 5.06. The number of hydrogen-bond donors (Lipinski definition) is 0. The highest BCUT2D eigenvalue weighted by atomic mass is 32.2. The molecule has 0 radical (unpaired) electrons. The Balaban J connectivity index is 2.47. The number of sulfonamides is 1. The Kier molecular flexibility index (Phi) is 4.03. The van der Waals surface area contributed by atoms with Crippen molar-refractivity contribution in [2.75, 3.05) is 13.7 Å². The molecule has 1 aliphatic heterocycles. The number of methoxy groups -OCH3 is 1. The summed E-state index contributed by atoms with van der Waals surface area (Å²) in [6.07, 6.45) is -1.75. The third-order valence-corrected chi connectivity index (χ3v) is 5.56. The normalized spacial score (nSPS) is 26.8. The van der Waals surface area contributed by atoms with Crippen LogP contribution in [-0.4, -0.2) is 44.1 Å². The SMILES string of the molecule is COC(=O)[C@]1(C)C[C@@H](F)CN1S(=O)(=O)c1ccc(F)cc1. The van der Waals surface area contributed by atoms with Crippen LogP contribution in [-0.2, 0) is 19.6 Å². The number of halogens is 2. The van der Waals surface area contributed by atoms with E-state index in [4.69, 9.17) is 0 Å². The second kappa shape index (κ2) is 5.34. The van der Waals surface area contributed by atoms with Crippen molar-refractivity contribution in [1.82, 2.24) is 4.31 Å². The fourth-order valence-electron chi connectivity index (χ4n) is 2.48. The van der Waals surface area contributed by atoms with Crippen LogP contribution in [0.25, 0.3) is 0 Å². The zero-order valence-corrected chi connectivity index (χ0v) is 12.4. The van der Waals surface area contributed by atoms with Gasteiger partial charge in [-0.1, -0.05) is 0 Å². The molecule has 2 atom stereocenters. The number of ether oxygens (including phenoxy) is 1. The Morgan fingerprint density at radius 2 is 1.95 bits per heavy atom. The van der Waals surface area contributed by atoms with Gasteiger partial charge >= 0.3 is 5.97 Å². The lowest BCUT2D eigenvalue weighted by molar-refractivity contribution is -0.150. The van der Waals surface area contributed by atoms with Gasteiger partial charge in [0.05, 0.1) is 12.0 Å². The summed E-state index contributed by atoms with van der Waals surface area (Å²) in [5.41, 5.74) is -1.61. The van der Waals surface area contributed by atoms with Crippen LogP contribution >= 0.6 is 0 Å². The number of hydrogen-bond acceptors (Lipinski definition) is 4. The zero-order valence-electron chi connectivity index (χ0n) is 11.5. The number of carbonyl (C=O) groups is 1. The molecule has 1 aromatic carbocycles. The first kappa shape index (κ1) is 15.8. The lowest BCUT2D eigenvalue weighted by atomic mass is 10.0. The minimum atomic E-state index is -4.13. The van der Waals surface area contributed by atoms with Gasteiger partial charge in [-0.3, -0.25) is 4.79 Å². The van der Waals surface area contributed by atoms with Crippen LogP contribution < -0.4 is 0 Å². The molecule has 116 valence electrons. The molecule has 0 spiro atoms. The fourth-order valence-corrected chi connectivity index (χ4v) is 4.25. The number of nitrogens with zero attached hydrogens (tertiary/aromatic N) is 1. The predicted octanol–water partition coefficient (Wildman–Crippen LogP) is 1.49. The fraction of sp³-hybridized carbons (Fsp3) is 0.462. The van der Waals surface area contributed by atoms with Gasteiger partial charge in [-0.15, -0.1) is 0 Å². The summed E-state index contributed by atoms with van der Waals surface area (Å²) < 4.78 is 57.1. The molecule has 0 unspecified atom stereocenters. The summed E-state index contributed by atoms with van der Waals surface area (Å²) in [6.45, 7) is 0.880. The maximum Gasteiger partial charge on any atom is 0.327 e. The largest absolute Gasteiger partial charge is 0.468 e. The molecule has 5 nitrogen and oxygen atoms in total. The third kappa shape index (κ3) is 2.65. The Bertz CT molecular complexity index is 647. The van der Waals surface area contributed by atoms with Crippen molar-refractivity contribution in [2.24, 2.45) is 0 Å². The average Bonchev–Trinajstić information content (AvgIpc) is 2.75. The molecule has 0 amide bonds. The van der Waals surface area contributed by atoms with Gasteiger partial charge in [-0.2, -0.15) is 4.31 Å².